The van der Waals surface area contributed by atoms with Crippen molar-refractivity contribution in [2.24, 2.45) is 0 Å². The Morgan fingerprint density at radius 3 is 2.59 bits per heavy atom. The summed E-state index contributed by atoms with van der Waals surface area (Å²) >= 11 is 1.23. The van der Waals surface area contributed by atoms with Gasteiger partial charge in [-0.05, 0) is 45.2 Å². The quantitative estimate of drug-likeness (QED) is 0.269. The highest BCUT2D eigenvalue weighted by Gasteiger charge is 2.37. The average Bonchev–Trinajstić information content (AvgIpc) is 3.62. The van der Waals surface area contributed by atoms with Gasteiger partial charge < -0.3 is 23.4 Å². The Balaban J connectivity index is 1.76. The van der Waals surface area contributed by atoms with Crippen LogP contribution in [0.15, 0.2) is 50.7 Å². The first-order chi connectivity index (χ1) is 19.7. The molecule has 0 unspecified atom stereocenters. The lowest BCUT2D eigenvalue weighted by atomic mass is 10.0. The monoisotopic (exact) mass is 583 g/mol. The largest absolute Gasteiger partial charge is 0.496 e. The van der Waals surface area contributed by atoms with Crippen molar-refractivity contribution in [3.8, 4) is 16.5 Å². The van der Waals surface area contributed by atoms with E-state index in [2.05, 4.69) is 4.98 Å². The number of aromatic nitrogens is 3. The number of nitrogens with zero attached hydrogens (tertiary/aromatic N) is 3. The molecule has 4 heterocycles. The van der Waals surface area contributed by atoms with Crippen LogP contribution in [-0.2, 0) is 31.1 Å². The second kappa shape index (κ2) is 11.6. The molecule has 0 aliphatic carbocycles. The fraction of sp³-hybridized carbons (Fsp3) is 0.448. The van der Waals surface area contributed by atoms with Gasteiger partial charge in [-0.15, -0.1) is 11.3 Å². The second-order valence-electron chi connectivity index (χ2n) is 10.3. The lowest BCUT2D eigenvalue weighted by Gasteiger charge is -2.30. The van der Waals surface area contributed by atoms with Crippen molar-refractivity contribution < 1.29 is 28.2 Å². The van der Waals surface area contributed by atoms with Gasteiger partial charge in [0.15, 0.2) is 0 Å². The third-order valence-electron chi connectivity index (χ3n) is 7.44. The van der Waals surface area contributed by atoms with Gasteiger partial charge in [-0.3, -0.25) is 9.36 Å². The summed E-state index contributed by atoms with van der Waals surface area (Å²) in [5.41, 5.74) is -1.49. The van der Waals surface area contributed by atoms with Crippen molar-refractivity contribution in [1.82, 2.24) is 14.1 Å². The zero-order valence-electron chi connectivity index (χ0n) is 23.7. The number of methoxy groups -OCH3 is 2. The maximum absolute atomic E-state index is 14.3. The molecule has 3 aromatic heterocycles. The number of thiophene rings is 1. The van der Waals surface area contributed by atoms with E-state index in [9.17, 15) is 14.4 Å². The van der Waals surface area contributed by atoms with Crippen molar-refractivity contribution in [2.75, 3.05) is 27.4 Å². The normalized spacial score (nSPS) is 15.2. The van der Waals surface area contributed by atoms with Crippen LogP contribution in [0.25, 0.3) is 21.0 Å². The van der Waals surface area contributed by atoms with Gasteiger partial charge in [-0.2, -0.15) is 0 Å². The molecular weight excluding hydrogens is 550 g/mol. The summed E-state index contributed by atoms with van der Waals surface area (Å²) in [5.74, 6) is 0.226. The first kappa shape index (κ1) is 28.8. The number of aryl methyl sites for hydroxylation is 1. The number of oxazole rings is 1. The van der Waals surface area contributed by atoms with Crippen LogP contribution in [0.2, 0.25) is 0 Å². The average molecular weight is 584 g/mol. The van der Waals surface area contributed by atoms with E-state index in [-0.39, 0.29) is 12.6 Å². The minimum atomic E-state index is -1.59. The maximum atomic E-state index is 14.3. The molecule has 12 heteroatoms. The standard InChI is InChI=1S/C29H33N3O8S/c1-17-22-25(33)32(29(2,3)27(34)37-5)28(35)31(26(22)41-23(17)24-30-12-15-39-24)16-21(40-18-10-13-38-14-11-18)19-8-6-7-9-20(19)36-4/h6-9,12,15,18,21H,10-11,13-14,16H2,1-5H3/t21-/m0/s1. The number of para-hydroxylation sites is 1. The van der Waals surface area contributed by atoms with Crippen LogP contribution in [0, 0.1) is 6.92 Å². The molecule has 4 aromatic rings. The van der Waals surface area contributed by atoms with Crippen LogP contribution < -0.4 is 16.0 Å². The predicted octanol–water partition coefficient (Wildman–Crippen LogP) is 4.04. The zero-order chi connectivity index (χ0) is 29.3. The van der Waals surface area contributed by atoms with E-state index in [4.69, 9.17) is 23.4 Å². The molecule has 1 aromatic carbocycles. The van der Waals surface area contributed by atoms with Gasteiger partial charge in [0.2, 0.25) is 5.89 Å². The summed E-state index contributed by atoms with van der Waals surface area (Å²) < 4.78 is 30.8. The number of benzene rings is 1. The summed E-state index contributed by atoms with van der Waals surface area (Å²) in [6.07, 6.45) is 3.66. The lowest BCUT2D eigenvalue weighted by molar-refractivity contribution is -0.149. The minimum Gasteiger partial charge on any atom is -0.496 e. The van der Waals surface area contributed by atoms with Gasteiger partial charge in [0.05, 0.1) is 43.3 Å². The topological polar surface area (TPSA) is 124 Å². The fourth-order valence-electron chi connectivity index (χ4n) is 5.24. The Morgan fingerprint density at radius 1 is 1.20 bits per heavy atom. The highest BCUT2D eigenvalue weighted by atomic mass is 32.1. The Hall–Kier alpha value is -3.74. The number of fused-ring (bicyclic) bond motifs is 1. The predicted molar refractivity (Wildman–Crippen MR) is 153 cm³/mol. The van der Waals surface area contributed by atoms with Gasteiger partial charge in [-0.25, -0.2) is 19.1 Å². The summed E-state index contributed by atoms with van der Waals surface area (Å²) in [6, 6.07) is 7.49. The van der Waals surface area contributed by atoms with E-state index in [0.29, 0.717) is 58.4 Å². The van der Waals surface area contributed by atoms with Gasteiger partial charge in [-0.1, -0.05) is 18.2 Å². The molecule has 1 atom stereocenters. The van der Waals surface area contributed by atoms with Gasteiger partial charge in [0.25, 0.3) is 5.56 Å². The van der Waals surface area contributed by atoms with E-state index < -0.39 is 28.9 Å². The number of carbonyl (C=O) groups excluding carboxylic acids is 1. The van der Waals surface area contributed by atoms with Crippen LogP contribution in [0.1, 0.15) is 43.9 Å². The molecular formula is C29H33N3O8S. The smallest absolute Gasteiger partial charge is 0.333 e. The molecule has 0 spiro atoms. The highest BCUT2D eigenvalue weighted by Crippen LogP contribution is 2.37. The number of esters is 1. The molecule has 1 saturated heterocycles. The van der Waals surface area contributed by atoms with Crippen LogP contribution >= 0.6 is 11.3 Å². The van der Waals surface area contributed by atoms with E-state index in [1.54, 1.807) is 14.0 Å². The van der Waals surface area contributed by atoms with E-state index in [1.807, 2.05) is 24.3 Å². The van der Waals surface area contributed by atoms with E-state index in [0.717, 1.165) is 10.1 Å². The highest BCUT2D eigenvalue weighted by molar-refractivity contribution is 7.22. The van der Waals surface area contributed by atoms with Crippen LogP contribution in [0.5, 0.6) is 5.75 Å². The minimum absolute atomic E-state index is 0.0512. The SMILES string of the molecule is COC(=O)C(C)(C)n1c(=O)c2c(C)c(-c3ncco3)sc2n(C[C@H](OC2CCOCC2)c2ccccc2OC)c1=O. The molecule has 11 nitrogen and oxygen atoms in total. The Bertz CT molecular complexity index is 1660. The first-order valence-electron chi connectivity index (χ1n) is 13.3. The summed E-state index contributed by atoms with van der Waals surface area (Å²) in [7, 11) is 2.81. The number of hydrogen-bond donors (Lipinski definition) is 0. The Morgan fingerprint density at radius 2 is 1.93 bits per heavy atom. The third-order valence-corrected chi connectivity index (χ3v) is 8.75. The molecule has 1 fully saturated rings. The van der Waals surface area contributed by atoms with Crippen molar-refractivity contribution in [3.63, 3.8) is 0 Å². The van der Waals surface area contributed by atoms with Crippen molar-refractivity contribution in [1.29, 1.82) is 0 Å². The number of hydrogen-bond acceptors (Lipinski definition) is 10. The molecule has 1 aliphatic rings. The molecule has 41 heavy (non-hydrogen) atoms. The van der Waals surface area contributed by atoms with Crippen LogP contribution in [0.4, 0.5) is 0 Å². The molecule has 0 radical (unpaired) electrons. The summed E-state index contributed by atoms with van der Waals surface area (Å²) in [6.45, 7) is 5.97. The Kier molecular flexibility index (Phi) is 8.16. The van der Waals surface area contributed by atoms with Gasteiger partial charge in [0.1, 0.15) is 28.5 Å². The fourth-order valence-corrected chi connectivity index (χ4v) is 6.48. The summed E-state index contributed by atoms with van der Waals surface area (Å²) in [5, 5.41) is 0.296. The zero-order valence-corrected chi connectivity index (χ0v) is 24.5. The van der Waals surface area contributed by atoms with Crippen molar-refractivity contribution in [3.05, 3.63) is 68.7 Å². The van der Waals surface area contributed by atoms with Crippen molar-refractivity contribution in [2.45, 2.75) is 57.9 Å². The third kappa shape index (κ3) is 5.22. The van der Waals surface area contributed by atoms with E-state index >= 15 is 0 Å². The molecule has 1 aliphatic heterocycles. The molecule has 0 N–H and O–H groups in total. The van der Waals surface area contributed by atoms with Crippen LogP contribution in [-0.4, -0.2) is 53.6 Å². The van der Waals surface area contributed by atoms with Gasteiger partial charge in [0, 0.05) is 18.8 Å². The maximum Gasteiger partial charge on any atom is 0.333 e. The lowest BCUT2D eigenvalue weighted by Crippen LogP contribution is -2.53. The second-order valence-corrected chi connectivity index (χ2v) is 11.3. The van der Waals surface area contributed by atoms with E-state index in [1.165, 1.54) is 49.3 Å². The number of rotatable bonds is 9. The number of ether oxygens (including phenoxy) is 4. The van der Waals surface area contributed by atoms with Crippen molar-refractivity contribution >= 4 is 27.5 Å². The summed E-state index contributed by atoms with van der Waals surface area (Å²) in [4.78, 5) is 46.4. The molecule has 0 amide bonds. The Labute approximate surface area is 240 Å². The number of carbonyl (C=O) groups is 1. The first-order valence-corrected chi connectivity index (χ1v) is 14.1. The van der Waals surface area contributed by atoms with Gasteiger partial charge >= 0.3 is 11.7 Å². The molecule has 0 bridgehead atoms. The molecule has 218 valence electrons. The van der Waals surface area contributed by atoms with Crippen LogP contribution in [0.3, 0.4) is 0 Å². The molecule has 0 saturated carbocycles. The molecule has 5 rings (SSSR count).